The molecule has 1 saturated heterocycles. The maximum atomic E-state index is 12.0. The highest BCUT2D eigenvalue weighted by molar-refractivity contribution is 7.99. The van der Waals surface area contributed by atoms with Gasteiger partial charge < -0.3 is 10.1 Å². The summed E-state index contributed by atoms with van der Waals surface area (Å²) < 4.78 is 39.8. The topological polar surface area (TPSA) is 21.3 Å². The van der Waals surface area contributed by atoms with Crippen molar-refractivity contribution in [2.45, 2.75) is 31.8 Å². The minimum atomic E-state index is -4.63. The van der Waals surface area contributed by atoms with E-state index in [1.165, 1.54) is 30.7 Å². The first kappa shape index (κ1) is 14.5. The van der Waals surface area contributed by atoms with E-state index in [-0.39, 0.29) is 5.75 Å². The highest BCUT2D eigenvalue weighted by Gasteiger charge is 2.30. The number of hydrogen-bond acceptors (Lipinski definition) is 3. The van der Waals surface area contributed by atoms with E-state index in [1.54, 1.807) is 12.1 Å². The third kappa shape index (κ3) is 5.32. The lowest BCUT2D eigenvalue weighted by atomic mass is 10.1. The minimum absolute atomic E-state index is 0.176. The van der Waals surface area contributed by atoms with E-state index >= 15 is 0 Å². The molecule has 0 radical (unpaired) electrons. The number of benzene rings is 1. The van der Waals surface area contributed by atoms with Gasteiger partial charge in [0.15, 0.2) is 0 Å². The van der Waals surface area contributed by atoms with Crippen molar-refractivity contribution < 1.29 is 17.9 Å². The minimum Gasteiger partial charge on any atom is -0.406 e. The molecule has 1 atom stereocenters. The van der Waals surface area contributed by atoms with Crippen LogP contribution in [0.15, 0.2) is 24.3 Å². The summed E-state index contributed by atoms with van der Waals surface area (Å²) in [6.07, 6.45) is -2.23. The van der Waals surface area contributed by atoms with Crippen molar-refractivity contribution in [1.29, 1.82) is 0 Å². The lowest BCUT2D eigenvalue weighted by Crippen LogP contribution is -2.33. The van der Waals surface area contributed by atoms with E-state index in [2.05, 4.69) is 10.1 Å². The van der Waals surface area contributed by atoms with Crippen molar-refractivity contribution in [2.75, 3.05) is 11.5 Å². The fourth-order valence-corrected chi connectivity index (χ4v) is 3.08. The molecular formula is C13H16F3NOS. The van der Waals surface area contributed by atoms with Gasteiger partial charge in [0.05, 0.1) is 0 Å². The van der Waals surface area contributed by atoms with E-state index in [9.17, 15) is 13.2 Å². The van der Waals surface area contributed by atoms with Crippen LogP contribution in [0.5, 0.6) is 5.75 Å². The van der Waals surface area contributed by atoms with E-state index < -0.39 is 6.36 Å². The van der Waals surface area contributed by atoms with Gasteiger partial charge in [-0.05, 0) is 36.3 Å². The second-order valence-corrected chi connectivity index (χ2v) is 5.64. The van der Waals surface area contributed by atoms with Gasteiger partial charge >= 0.3 is 6.36 Å². The van der Waals surface area contributed by atoms with Gasteiger partial charge in [-0.25, -0.2) is 0 Å². The monoisotopic (exact) mass is 291 g/mol. The zero-order valence-corrected chi connectivity index (χ0v) is 11.2. The molecule has 2 rings (SSSR count). The SMILES string of the molecule is FC(F)(F)Oc1ccc(CNC2CCCSC2)cc1. The van der Waals surface area contributed by atoms with Gasteiger partial charge in [0.1, 0.15) is 5.75 Å². The third-order valence-corrected chi connectivity index (χ3v) is 4.13. The summed E-state index contributed by atoms with van der Waals surface area (Å²) in [6.45, 7) is 0.678. The van der Waals surface area contributed by atoms with Crippen molar-refractivity contribution in [1.82, 2.24) is 5.32 Å². The number of alkyl halides is 3. The van der Waals surface area contributed by atoms with Gasteiger partial charge in [-0.15, -0.1) is 13.2 Å². The van der Waals surface area contributed by atoms with Crippen LogP contribution in [0.1, 0.15) is 18.4 Å². The molecule has 1 aromatic rings. The molecule has 19 heavy (non-hydrogen) atoms. The van der Waals surface area contributed by atoms with Gasteiger partial charge in [-0.3, -0.25) is 0 Å². The van der Waals surface area contributed by atoms with Crippen LogP contribution in [0.25, 0.3) is 0 Å². The Kier molecular flexibility index (Phi) is 4.99. The second-order valence-electron chi connectivity index (χ2n) is 4.49. The summed E-state index contributed by atoms with van der Waals surface area (Å²) in [7, 11) is 0. The maximum Gasteiger partial charge on any atom is 0.573 e. The molecule has 0 aliphatic carbocycles. The summed E-state index contributed by atoms with van der Waals surface area (Å²) >= 11 is 1.94. The molecule has 1 fully saturated rings. The number of ether oxygens (including phenoxy) is 1. The van der Waals surface area contributed by atoms with Gasteiger partial charge in [-0.1, -0.05) is 12.1 Å². The molecule has 0 amide bonds. The fraction of sp³-hybridized carbons (Fsp3) is 0.538. The zero-order valence-electron chi connectivity index (χ0n) is 10.4. The van der Waals surface area contributed by atoms with E-state index in [0.29, 0.717) is 12.6 Å². The Bertz CT molecular complexity index is 388. The summed E-state index contributed by atoms with van der Waals surface area (Å²) in [6, 6.07) is 6.51. The molecule has 1 aliphatic heterocycles. The van der Waals surface area contributed by atoms with Gasteiger partial charge in [0, 0.05) is 18.3 Å². The van der Waals surface area contributed by atoms with E-state index in [1.807, 2.05) is 11.8 Å². The quantitative estimate of drug-likeness (QED) is 0.916. The van der Waals surface area contributed by atoms with Crippen molar-refractivity contribution >= 4 is 11.8 Å². The molecule has 0 bridgehead atoms. The van der Waals surface area contributed by atoms with E-state index in [4.69, 9.17) is 0 Å². The normalized spacial score (nSPS) is 20.3. The largest absolute Gasteiger partial charge is 0.573 e. The van der Waals surface area contributed by atoms with Crippen molar-refractivity contribution in [2.24, 2.45) is 0 Å². The fourth-order valence-electron chi connectivity index (χ4n) is 1.97. The Morgan fingerprint density at radius 1 is 1.26 bits per heavy atom. The molecule has 1 N–H and O–H groups in total. The van der Waals surface area contributed by atoms with Crippen molar-refractivity contribution in [3.63, 3.8) is 0 Å². The van der Waals surface area contributed by atoms with Crippen LogP contribution in [-0.2, 0) is 6.54 Å². The highest BCUT2D eigenvalue weighted by Crippen LogP contribution is 2.23. The molecule has 0 spiro atoms. The molecule has 1 aliphatic rings. The highest BCUT2D eigenvalue weighted by atomic mass is 32.2. The Morgan fingerprint density at radius 3 is 2.58 bits per heavy atom. The van der Waals surface area contributed by atoms with Gasteiger partial charge in [0.2, 0.25) is 0 Å². The number of nitrogens with one attached hydrogen (secondary N) is 1. The molecular weight excluding hydrogens is 275 g/mol. The first-order valence-electron chi connectivity index (χ1n) is 6.19. The smallest absolute Gasteiger partial charge is 0.406 e. The van der Waals surface area contributed by atoms with Crippen LogP contribution in [0, 0.1) is 0 Å². The molecule has 2 nitrogen and oxygen atoms in total. The van der Waals surface area contributed by atoms with Crippen LogP contribution in [0.3, 0.4) is 0 Å². The molecule has 0 aromatic heterocycles. The van der Waals surface area contributed by atoms with Crippen molar-refractivity contribution in [3.05, 3.63) is 29.8 Å². The first-order valence-corrected chi connectivity index (χ1v) is 7.34. The Morgan fingerprint density at radius 2 is 2.00 bits per heavy atom. The van der Waals surface area contributed by atoms with Gasteiger partial charge in [-0.2, -0.15) is 11.8 Å². The van der Waals surface area contributed by atoms with Crippen LogP contribution in [0.4, 0.5) is 13.2 Å². The molecule has 6 heteroatoms. The summed E-state index contributed by atoms with van der Waals surface area (Å²) in [4.78, 5) is 0. The Labute approximate surface area is 114 Å². The first-order chi connectivity index (χ1) is 9.03. The predicted octanol–water partition coefficient (Wildman–Crippen LogP) is 3.57. The molecule has 1 aromatic carbocycles. The average Bonchev–Trinajstić information content (AvgIpc) is 2.37. The lowest BCUT2D eigenvalue weighted by Gasteiger charge is -2.22. The summed E-state index contributed by atoms with van der Waals surface area (Å²) in [5, 5.41) is 3.42. The molecule has 0 saturated carbocycles. The second kappa shape index (κ2) is 6.52. The number of thioether (sulfide) groups is 1. The lowest BCUT2D eigenvalue weighted by molar-refractivity contribution is -0.274. The third-order valence-electron chi connectivity index (χ3n) is 2.91. The molecule has 106 valence electrons. The van der Waals surface area contributed by atoms with Gasteiger partial charge in [0.25, 0.3) is 0 Å². The predicted molar refractivity (Wildman–Crippen MR) is 70.3 cm³/mol. The van der Waals surface area contributed by atoms with Crippen LogP contribution in [-0.4, -0.2) is 23.9 Å². The van der Waals surface area contributed by atoms with Crippen molar-refractivity contribution in [3.8, 4) is 5.75 Å². The standard InChI is InChI=1S/C13H16F3NOS/c14-13(15,16)18-12-5-3-10(4-6-12)8-17-11-2-1-7-19-9-11/h3-6,11,17H,1-2,7-9H2. The molecule has 1 unspecified atom stereocenters. The van der Waals surface area contributed by atoms with Crippen LogP contribution in [0.2, 0.25) is 0 Å². The average molecular weight is 291 g/mol. The van der Waals surface area contributed by atoms with E-state index in [0.717, 1.165) is 11.3 Å². The molecule has 1 heterocycles. The summed E-state index contributed by atoms with van der Waals surface area (Å²) in [5.41, 5.74) is 0.963. The Balaban J connectivity index is 1.81. The number of rotatable bonds is 4. The maximum absolute atomic E-state index is 12.0. The Hall–Kier alpha value is -0.880. The number of halogens is 3. The van der Waals surface area contributed by atoms with Crippen LogP contribution >= 0.6 is 11.8 Å². The van der Waals surface area contributed by atoms with Crippen LogP contribution < -0.4 is 10.1 Å². The summed E-state index contributed by atoms with van der Waals surface area (Å²) in [5.74, 6) is 2.15. The zero-order chi connectivity index (χ0) is 13.7. The number of hydrogen-bond donors (Lipinski definition) is 1.